The zero-order valence-corrected chi connectivity index (χ0v) is 15.9. The Labute approximate surface area is 162 Å². The van der Waals surface area contributed by atoms with E-state index in [2.05, 4.69) is 26.6 Å². The molecule has 0 unspecified atom stereocenters. The van der Waals surface area contributed by atoms with Crippen LogP contribution in [0.25, 0.3) is 11.0 Å². The Balaban J connectivity index is 1.70. The van der Waals surface area contributed by atoms with Crippen molar-refractivity contribution in [2.45, 2.75) is 0 Å². The number of amides is 1. The molecule has 8 heteroatoms. The summed E-state index contributed by atoms with van der Waals surface area (Å²) in [5, 5.41) is 6.43. The molecule has 0 atom stereocenters. The number of fused-ring (bicyclic) bond motifs is 1. The van der Waals surface area contributed by atoms with Gasteiger partial charge in [-0.15, -0.1) is 0 Å². The van der Waals surface area contributed by atoms with Gasteiger partial charge in [-0.2, -0.15) is 0 Å². The zero-order chi connectivity index (χ0) is 18.7. The molecule has 3 aromatic rings. The Morgan fingerprint density at radius 3 is 2.69 bits per heavy atom. The van der Waals surface area contributed by atoms with Gasteiger partial charge in [-0.25, -0.2) is 4.79 Å². The van der Waals surface area contributed by atoms with E-state index in [1.54, 1.807) is 49.6 Å². The van der Waals surface area contributed by atoms with Crippen molar-refractivity contribution >= 4 is 55.8 Å². The van der Waals surface area contributed by atoms with Gasteiger partial charge in [0.1, 0.15) is 11.3 Å². The van der Waals surface area contributed by atoms with Crippen molar-refractivity contribution in [1.82, 2.24) is 5.32 Å². The van der Waals surface area contributed by atoms with Gasteiger partial charge in [0.2, 0.25) is 0 Å². The Morgan fingerprint density at radius 1 is 1.15 bits per heavy atom. The molecule has 132 valence electrons. The predicted octanol–water partition coefficient (Wildman–Crippen LogP) is 3.69. The van der Waals surface area contributed by atoms with Crippen LogP contribution in [0.1, 0.15) is 10.4 Å². The number of methoxy groups -OCH3 is 1. The number of nitrogens with one attached hydrogen (secondary N) is 2. The minimum atomic E-state index is -0.411. The maximum Gasteiger partial charge on any atom is 0.336 e. The first-order valence-corrected chi connectivity index (χ1v) is 8.66. The van der Waals surface area contributed by atoms with E-state index in [-0.39, 0.29) is 11.0 Å². The standard InChI is InChI=1S/C18H13BrN2O4S/c1-24-15-5-2-11(9-13(15)19)17(23)21-18(26)20-12-4-6-14-10(8-12)3-7-16(22)25-14/h2-9H,1H3,(H2,20,21,23,26). The minimum Gasteiger partial charge on any atom is -0.496 e. The first-order chi connectivity index (χ1) is 12.5. The molecule has 0 fully saturated rings. The number of rotatable bonds is 3. The lowest BCUT2D eigenvalue weighted by Crippen LogP contribution is -2.34. The zero-order valence-electron chi connectivity index (χ0n) is 13.5. The average molecular weight is 433 g/mol. The van der Waals surface area contributed by atoms with Gasteiger partial charge in [0.25, 0.3) is 5.91 Å². The summed E-state index contributed by atoms with van der Waals surface area (Å²) in [6, 6.07) is 13.1. The normalized spacial score (nSPS) is 10.4. The Hall–Kier alpha value is -2.71. The molecule has 0 saturated heterocycles. The fourth-order valence-corrected chi connectivity index (χ4v) is 3.05. The second kappa shape index (κ2) is 7.67. The second-order valence-electron chi connectivity index (χ2n) is 5.26. The van der Waals surface area contributed by atoms with E-state index < -0.39 is 5.63 Å². The molecule has 1 aromatic heterocycles. The number of ether oxygens (including phenoxy) is 1. The number of carbonyl (C=O) groups excluding carboxylic acids is 1. The van der Waals surface area contributed by atoms with Gasteiger partial charge >= 0.3 is 5.63 Å². The summed E-state index contributed by atoms with van der Waals surface area (Å²) in [6.07, 6.45) is 0. The molecule has 2 aromatic carbocycles. The van der Waals surface area contributed by atoms with Crippen LogP contribution in [0.5, 0.6) is 5.75 Å². The number of halogens is 1. The molecular formula is C18H13BrN2O4S. The van der Waals surface area contributed by atoms with Gasteiger partial charge in [-0.1, -0.05) is 0 Å². The van der Waals surface area contributed by atoms with Crippen molar-refractivity contribution in [1.29, 1.82) is 0 Å². The topological polar surface area (TPSA) is 80.6 Å². The predicted molar refractivity (Wildman–Crippen MR) is 107 cm³/mol. The fraction of sp³-hybridized carbons (Fsp3) is 0.0556. The van der Waals surface area contributed by atoms with E-state index >= 15 is 0 Å². The van der Waals surface area contributed by atoms with Crippen LogP contribution in [0.15, 0.2) is 62.2 Å². The smallest absolute Gasteiger partial charge is 0.336 e. The summed E-state index contributed by atoms with van der Waals surface area (Å²) in [7, 11) is 1.55. The molecule has 26 heavy (non-hydrogen) atoms. The van der Waals surface area contributed by atoms with Gasteiger partial charge in [-0.3, -0.25) is 10.1 Å². The lowest BCUT2D eigenvalue weighted by molar-refractivity contribution is 0.0977. The first kappa shape index (κ1) is 18.1. The van der Waals surface area contributed by atoms with Crippen molar-refractivity contribution in [3.05, 3.63) is 69.0 Å². The van der Waals surface area contributed by atoms with Crippen molar-refractivity contribution in [2.75, 3.05) is 12.4 Å². The Morgan fingerprint density at radius 2 is 1.96 bits per heavy atom. The largest absolute Gasteiger partial charge is 0.496 e. The SMILES string of the molecule is COc1ccc(C(=O)NC(=S)Nc2ccc3oc(=O)ccc3c2)cc1Br. The summed E-state index contributed by atoms with van der Waals surface area (Å²) >= 11 is 8.52. The molecule has 3 rings (SSSR count). The molecule has 0 aliphatic rings. The number of anilines is 1. The Bertz CT molecular complexity index is 1060. The van der Waals surface area contributed by atoms with Crippen LogP contribution in [-0.4, -0.2) is 18.1 Å². The molecule has 6 nitrogen and oxygen atoms in total. The van der Waals surface area contributed by atoms with Crippen LogP contribution < -0.4 is 21.0 Å². The number of thiocarbonyl (C=S) groups is 1. The van der Waals surface area contributed by atoms with Crippen LogP contribution in [0, 0.1) is 0 Å². The fourth-order valence-electron chi connectivity index (χ4n) is 2.29. The lowest BCUT2D eigenvalue weighted by atomic mass is 10.2. The minimum absolute atomic E-state index is 0.152. The maximum absolute atomic E-state index is 12.3. The molecule has 0 aliphatic carbocycles. The molecule has 0 radical (unpaired) electrons. The summed E-state index contributed by atoms with van der Waals surface area (Å²) in [4.78, 5) is 23.5. The Kier molecular flexibility index (Phi) is 5.34. The number of carbonyl (C=O) groups is 1. The summed E-state index contributed by atoms with van der Waals surface area (Å²) < 4.78 is 10.9. The van der Waals surface area contributed by atoms with Crippen molar-refractivity contribution in [2.24, 2.45) is 0 Å². The number of hydrogen-bond donors (Lipinski definition) is 2. The third kappa shape index (κ3) is 4.09. The first-order valence-electron chi connectivity index (χ1n) is 7.46. The van der Waals surface area contributed by atoms with Gasteiger partial charge < -0.3 is 14.5 Å². The molecule has 0 aliphatic heterocycles. The molecule has 1 heterocycles. The quantitative estimate of drug-likeness (QED) is 0.485. The lowest BCUT2D eigenvalue weighted by Gasteiger charge is -2.11. The second-order valence-corrected chi connectivity index (χ2v) is 6.53. The third-order valence-electron chi connectivity index (χ3n) is 3.52. The molecule has 0 bridgehead atoms. The molecule has 1 amide bonds. The average Bonchev–Trinajstić information content (AvgIpc) is 2.61. The van der Waals surface area contributed by atoms with Gasteiger partial charge in [-0.05, 0) is 70.6 Å². The van der Waals surface area contributed by atoms with Crippen LogP contribution in [0.2, 0.25) is 0 Å². The molecule has 0 spiro atoms. The van der Waals surface area contributed by atoms with Crippen LogP contribution in [0.4, 0.5) is 5.69 Å². The number of hydrogen-bond acceptors (Lipinski definition) is 5. The summed E-state index contributed by atoms with van der Waals surface area (Å²) in [5.74, 6) is 0.280. The van der Waals surface area contributed by atoms with E-state index in [0.717, 1.165) is 5.39 Å². The van der Waals surface area contributed by atoms with E-state index in [9.17, 15) is 9.59 Å². The summed E-state index contributed by atoms with van der Waals surface area (Å²) in [5.41, 5.74) is 1.16. The van der Waals surface area contributed by atoms with E-state index in [1.807, 2.05) is 0 Å². The highest BCUT2D eigenvalue weighted by atomic mass is 79.9. The molecular weight excluding hydrogens is 420 g/mol. The van der Waals surface area contributed by atoms with E-state index in [0.29, 0.717) is 27.1 Å². The molecule has 2 N–H and O–H groups in total. The van der Waals surface area contributed by atoms with Crippen LogP contribution in [-0.2, 0) is 0 Å². The molecule has 0 saturated carbocycles. The monoisotopic (exact) mass is 432 g/mol. The third-order valence-corrected chi connectivity index (χ3v) is 4.34. The van der Waals surface area contributed by atoms with E-state index in [1.165, 1.54) is 6.07 Å². The maximum atomic E-state index is 12.3. The van der Waals surface area contributed by atoms with E-state index in [4.69, 9.17) is 21.4 Å². The van der Waals surface area contributed by atoms with Crippen molar-refractivity contribution in [3.8, 4) is 5.75 Å². The van der Waals surface area contributed by atoms with Gasteiger partial charge in [0.15, 0.2) is 5.11 Å². The highest BCUT2D eigenvalue weighted by molar-refractivity contribution is 9.10. The highest BCUT2D eigenvalue weighted by Crippen LogP contribution is 2.25. The van der Waals surface area contributed by atoms with Gasteiger partial charge in [0, 0.05) is 22.7 Å². The van der Waals surface area contributed by atoms with Crippen molar-refractivity contribution < 1.29 is 13.9 Å². The van der Waals surface area contributed by atoms with Crippen molar-refractivity contribution in [3.63, 3.8) is 0 Å². The highest BCUT2D eigenvalue weighted by Gasteiger charge is 2.11. The van der Waals surface area contributed by atoms with Gasteiger partial charge in [0.05, 0.1) is 11.6 Å². The summed E-state index contributed by atoms with van der Waals surface area (Å²) in [6.45, 7) is 0. The van der Waals surface area contributed by atoms with Crippen LogP contribution in [0.3, 0.4) is 0 Å². The van der Waals surface area contributed by atoms with Crippen LogP contribution >= 0.6 is 28.1 Å². The number of benzene rings is 2.